The molecule has 0 radical (unpaired) electrons. The van der Waals surface area contributed by atoms with E-state index in [1.54, 1.807) is 0 Å². The predicted octanol–water partition coefficient (Wildman–Crippen LogP) is 2.87. The molecule has 0 bridgehead atoms. The SMILES string of the molecule is CCC(C)N(CC)[SiH](CC)CC. The van der Waals surface area contributed by atoms with E-state index in [0.29, 0.717) is 0 Å². The van der Waals surface area contributed by atoms with Crippen molar-refractivity contribution in [2.45, 2.75) is 59.2 Å². The van der Waals surface area contributed by atoms with E-state index in [9.17, 15) is 0 Å². The Bertz CT molecular complexity index is 102. The molecule has 0 heterocycles. The normalized spacial score (nSPS) is 14.2. The highest BCUT2D eigenvalue weighted by Gasteiger charge is 2.18. The standard InChI is InChI=1S/C10H25NSi/c1-6-10(5)11(7-2)12(8-3)9-4/h10,12H,6-9H2,1-5H3. The Morgan fingerprint density at radius 3 is 1.83 bits per heavy atom. The second-order valence-corrected chi connectivity index (χ2v) is 7.16. The van der Waals surface area contributed by atoms with Crippen LogP contribution in [0.15, 0.2) is 0 Å². The fourth-order valence-electron chi connectivity index (χ4n) is 1.92. The van der Waals surface area contributed by atoms with Crippen LogP contribution in [0.5, 0.6) is 0 Å². The van der Waals surface area contributed by atoms with Crippen LogP contribution in [-0.4, -0.2) is 26.1 Å². The molecule has 0 fully saturated rings. The number of nitrogens with zero attached hydrogens (tertiary/aromatic N) is 1. The largest absolute Gasteiger partial charge is 0.324 e. The summed E-state index contributed by atoms with van der Waals surface area (Å²) in [5.74, 6) is 0. The first-order chi connectivity index (χ1) is 5.71. The molecule has 0 rings (SSSR count). The van der Waals surface area contributed by atoms with E-state index in [1.165, 1.54) is 25.1 Å². The summed E-state index contributed by atoms with van der Waals surface area (Å²) in [5, 5.41) is 0. The Kier molecular flexibility index (Phi) is 6.77. The van der Waals surface area contributed by atoms with Crippen LogP contribution in [0.4, 0.5) is 0 Å². The molecular formula is C10H25NSi. The van der Waals surface area contributed by atoms with Crippen molar-refractivity contribution in [3.63, 3.8) is 0 Å². The Morgan fingerprint density at radius 2 is 1.58 bits per heavy atom. The molecule has 0 saturated carbocycles. The van der Waals surface area contributed by atoms with Crippen LogP contribution in [0.2, 0.25) is 12.1 Å². The van der Waals surface area contributed by atoms with Gasteiger partial charge in [0.2, 0.25) is 0 Å². The molecule has 0 N–H and O–H groups in total. The minimum absolute atomic E-state index is 0.549. The molecule has 74 valence electrons. The van der Waals surface area contributed by atoms with Crippen molar-refractivity contribution in [1.82, 2.24) is 4.57 Å². The summed E-state index contributed by atoms with van der Waals surface area (Å²) in [6.07, 6.45) is 1.30. The van der Waals surface area contributed by atoms with E-state index in [1.807, 2.05) is 0 Å². The molecule has 0 aromatic carbocycles. The van der Waals surface area contributed by atoms with Crippen molar-refractivity contribution in [2.75, 3.05) is 6.54 Å². The maximum Gasteiger partial charge on any atom is 0.111 e. The highest BCUT2D eigenvalue weighted by atomic mass is 28.3. The summed E-state index contributed by atoms with van der Waals surface area (Å²) in [6, 6.07) is 3.66. The molecule has 1 nitrogen and oxygen atoms in total. The third-order valence-corrected chi connectivity index (χ3v) is 6.63. The van der Waals surface area contributed by atoms with Gasteiger partial charge in [-0.05, 0) is 31.1 Å². The van der Waals surface area contributed by atoms with Gasteiger partial charge in [-0.3, -0.25) is 0 Å². The van der Waals surface area contributed by atoms with Gasteiger partial charge in [0.15, 0.2) is 0 Å². The lowest BCUT2D eigenvalue weighted by Gasteiger charge is -2.33. The first-order valence-corrected chi connectivity index (χ1v) is 7.61. The average Bonchev–Trinajstić information content (AvgIpc) is 2.12. The van der Waals surface area contributed by atoms with Crippen LogP contribution in [0, 0.1) is 0 Å². The van der Waals surface area contributed by atoms with Gasteiger partial charge >= 0.3 is 0 Å². The van der Waals surface area contributed by atoms with Gasteiger partial charge in [0.05, 0.1) is 0 Å². The molecule has 0 aromatic rings. The van der Waals surface area contributed by atoms with Crippen LogP contribution in [0.3, 0.4) is 0 Å². The maximum absolute atomic E-state index is 2.76. The highest BCUT2D eigenvalue weighted by molar-refractivity contribution is 6.55. The van der Waals surface area contributed by atoms with E-state index in [-0.39, 0.29) is 0 Å². The number of rotatable bonds is 6. The Morgan fingerprint density at radius 1 is 1.08 bits per heavy atom. The van der Waals surface area contributed by atoms with Gasteiger partial charge in [0, 0.05) is 0 Å². The van der Waals surface area contributed by atoms with Crippen LogP contribution >= 0.6 is 0 Å². The summed E-state index contributed by atoms with van der Waals surface area (Å²) in [6.45, 7) is 12.9. The summed E-state index contributed by atoms with van der Waals surface area (Å²) in [5.41, 5.74) is 0. The van der Waals surface area contributed by atoms with E-state index < -0.39 is 8.96 Å². The summed E-state index contributed by atoms with van der Waals surface area (Å²) in [7, 11) is -0.549. The third-order valence-electron chi connectivity index (χ3n) is 2.93. The van der Waals surface area contributed by atoms with Crippen molar-refractivity contribution in [2.24, 2.45) is 0 Å². The number of hydrogen-bond donors (Lipinski definition) is 0. The fraction of sp³-hybridized carbons (Fsp3) is 1.00. The van der Waals surface area contributed by atoms with Crippen LogP contribution < -0.4 is 0 Å². The van der Waals surface area contributed by atoms with E-state index in [2.05, 4.69) is 39.2 Å². The van der Waals surface area contributed by atoms with Crippen molar-refractivity contribution in [3.8, 4) is 0 Å². The summed E-state index contributed by atoms with van der Waals surface area (Å²) in [4.78, 5) is 0. The van der Waals surface area contributed by atoms with Crippen molar-refractivity contribution in [3.05, 3.63) is 0 Å². The zero-order valence-electron chi connectivity index (χ0n) is 9.43. The molecule has 0 aliphatic rings. The number of hydrogen-bond acceptors (Lipinski definition) is 1. The minimum Gasteiger partial charge on any atom is -0.324 e. The molecule has 0 aliphatic heterocycles. The molecule has 0 saturated heterocycles. The highest BCUT2D eigenvalue weighted by Crippen LogP contribution is 2.11. The first kappa shape index (κ1) is 12.2. The average molecular weight is 187 g/mol. The molecule has 12 heavy (non-hydrogen) atoms. The quantitative estimate of drug-likeness (QED) is 0.578. The van der Waals surface area contributed by atoms with Crippen LogP contribution in [0.25, 0.3) is 0 Å². The zero-order chi connectivity index (χ0) is 9.56. The second kappa shape index (κ2) is 6.67. The lowest BCUT2D eigenvalue weighted by Crippen LogP contribution is -2.43. The topological polar surface area (TPSA) is 3.24 Å². The lowest BCUT2D eigenvalue weighted by molar-refractivity contribution is 0.346. The fourth-order valence-corrected chi connectivity index (χ4v) is 4.88. The Balaban J connectivity index is 4.09. The van der Waals surface area contributed by atoms with Gasteiger partial charge in [0.25, 0.3) is 0 Å². The van der Waals surface area contributed by atoms with Crippen LogP contribution in [0.1, 0.15) is 41.0 Å². The van der Waals surface area contributed by atoms with Gasteiger partial charge in [-0.1, -0.05) is 34.6 Å². The Labute approximate surface area is 79.8 Å². The van der Waals surface area contributed by atoms with Crippen molar-refractivity contribution >= 4 is 8.96 Å². The molecule has 0 spiro atoms. The van der Waals surface area contributed by atoms with Gasteiger partial charge in [-0.25, -0.2) is 0 Å². The lowest BCUT2D eigenvalue weighted by atomic mass is 10.3. The van der Waals surface area contributed by atoms with E-state index in [4.69, 9.17) is 0 Å². The second-order valence-electron chi connectivity index (χ2n) is 3.56. The van der Waals surface area contributed by atoms with Gasteiger partial charge in [0.1, 0.15) is 8.96 Å². The third kappa shape index (κ3) is 3.28. The van der Waals surface area contributed by atoms with E-state index >= 15 is 0 Å². The van der Waals surface area contributed by atoms with Gasteiger partial charge in [-0.15, -0.1) is 0 Å². The van der Waals surface area contributed by atoms with Gasteiger partial charge < -0.3 is 4.57 Å². The minimum atomic E-state index is -0.549. The molecular weight excluding hydrogens is 162 g/mol. The molecule has 0 amide bonds. The molecule has 1 unspecified atom stereocenters. The maximum atomic E-state index is 2.76. The molecule has 0 aliphatic carbocycles. The van der Waals surface area contributed by atoms with Crippen LogP contribution in [-0.2, 0) is 0 Å². The van der Waals surface area contributed by atoms with E-state index in [0.717, 1.165) is 6.04 Å². The van der Waals surface area contributed by atoms with Crippen molar-refractivity contribution < 1.29 is 0 Å². The molecule has 1 atom stereocenters. The first-order valence-electron chi connectivity index (χ1n) is 5.46. The van der Waals surface area contributed by atoms with Crippen molar-refractivity contribution in [1.29, 1.82) is 0 Å². The summed E-state index contributed by atoms with van der Waals surface area (Å²) < 4.78 is 2.76. The Hall–Kier alpha value is 0.177. The summed E-state index contributed by atoms with van der Waals surface area (Å²) >= 11 is 0. The van der Waals surface area contributed by atoms with Gasteiger partial charge in [-0.2, -0.15) is 0 Å². The molecule has 0 aromatic heterocycles. The smallest absolute Gasteiger partial charge is 0.111 e. The zero-order valence-corrected chi connectivity index (χ0v) is 10.6. The predicted molar refractivity (Wildman–Crippen MR) is 60.2 cm³/mol. The monoisotopic (exact) mass is 187 g/mol. The molecule has 2 heteroatoms.